The second kappa shape index (κ2) is 9.27. The minimum atomic E-state index is -0.0224. The molecule has 2 aromatic heterocycles. The molecule has 0 unspecified atom stereocenters. The first-order valence-electron chi connectivity index (χ1n) is 9.97. The maximum atomic E-state index is 12.4. The fourth-order valence-electron chi connectivity index (χ4n) is 3.53. The summed E-state index contributed by atoms with van der Waals surface area (Å²) in [4.78, 5) is 20.3. The van der Waals surface area contributed by atoms with E-state index in [9.17, 15) is 4.79 Å². The van der Waals surface area contributed by atoms with Crippen molar-refractivity contribution in [3.8, 4) is 17.0 Å². The number of benzene rings is 2. The minimum absolute atomic E-state index is 0.0224. The molecule has 0 fully saturated rings. The second-order valence-corrected chi connectivity index (χ2v) is 8.12. The summed E-state index contributed by atoms with van der Waals surface area (Å²) in [6, 6.07) is 20.0. The van der Waals surface area contributed by atoms with Crippen LogP contribution in [0.1, 0.15) is 18.2 Å². The van der Waals surface area contributed by atoms with Gasteiger partial charge in [0.15, 0.2) is 0 Å². The molecule has 4 aromatic rings. The van der Waals surface area contributed by atoms with Gasteiger partial charge in [-0.05, 0) is 54.3 Å². The molecule has 0 radical (unpaired) electrons. The van der Waals surface area contributed by atoms with Gasteiger partial charge in [-0.2, -0.15) is 0 Å². The molecular weight excluding hydrogens is 408 g/mol. The molecule has 2 aromatic carbocycles. The Morgan fingerprint density at radius 2 is 1.97 bits per heavy atom. The van der Waals surface area contributed by atoms with Crippen LogP contribution in [0.25, 0.3) is 22.2 Å². The predicted molar refractivity (Wildman–Crippen MR) is 124 cm³/mol. The molecule has 2 heterocycles. The number of carbonyl (C=O) groups is 1. The summed E-state index contributed by atoms with van der Waals surface area (Å²) in [7, 11) is 1.65. The summed E-state index contributed by atoms with van der Waals surface area (Å²) < 4.78 is 10.9. The number of amides is 1. The molecule has 0 N–H and O–H groups in total. The number of hydrogen-bond donors (Lipinski definition) is 0. The Balaban J connectivity index is 1.81. The average Bonchev–Trinajstić information content (AvgIpc) is 3.31. The van der Waals surface area contributed by atoms with E-state index in [0.717, 1.165) is 44.1 Å². The van der Waals surface area contributed by atoms with Gasteiger partial charge in [-0.1, -0.05) is 18.2 Å². The third-order valence-electron chi connectivity index (χ3n) is 5.18. The Hall–Kier alpha value is -3.25. The molecule has 158 valence electrons. The molecule has 5 nitrogen and oxygen atoms in total. The lowest BCUT2D eigenvalue weighted by Gasteiger charge is -2.22. The number of thioether (sulfide) groups is 1. The number of hydrogen-bond acceptors (Lipinski definition) is 5. The van der Waals surface area contributed by atoms with Crippen molar-refractivity contribution in [2.45, 2.75) is 24.9 Å². The van der Waals surface area contributed by atoms with Crippen molar-refractivity contribution in [3.05, 3.63) is 78.3 Å². The van der Waals surface area contributed by atoms with Crippen LogP contribution in [0.15, 0.2) is 76.2 Å². The molecule has 0 bridgehead atoms. The number of nitrogens with zero attached hydrogens (tertiary/aromatic N) is 2. The fraction of sp³-hybridized carbons (Fsp3) is 0.200. The lowest BCUT2D eigenvalue weighted by Crippen LogP contribution is -2.27. The molecule has 0 aliphatic heterocycles. The van der Waals surface area contributed by atoms with E-state index in [0.29, 0.717) is 13.1 Å². The van der Waals surface area contributed by atoms with Crippen molar-refractivity contribution < 1.29 is 13.9 Å². The summed E-state index contributed by atoms with van der Waals surface area (Å²) in [5.41, 5.74) is 3.69. The van der Waals surface area contributed by atoms with Gasteiger partial charge in [0, 0.05) is 29.3 Å². The zero-order valence-electron chi connectivity index (χ0n) is 17.8. The largest absolute Gasteiger partial charge is 0.497 e. The first-order chi connectivity index (χ1) is 15.1. The van der Waals surface area contributed by atoms with E-state index in [1.807, 2.05) is 36.4 Å². The molecule has 6 heteroatoms. The quantitative estimate of drug-likeness (QED) is 0.347. The van der Waals surface area contributed by atoms with E-state index < -0.39 is 0 Å². The smallest absolute Gasteiger partial charge is 0.220 e. The Morgan fingerprint density at radius 1 is 1.10 bits per heavy atom. The van der Waals surface area contributed by atoms with Gasteiger partial charge in [0.2, 0.25) is 5.91 Å². The normalized spacial score (nSPS) is 10.9. The fourth-order valence-corrected chi connectivity index (χ4v) is 3.97. The van der Waals surface area contributed by atoms with Crippen LogP contribution >= 0.6 is 11.8 Å². The molecule has 0 saturated carbocycles. The van der Waals surface area contributed by atoms with Crippen molar-refractivity contribution >= 4 is 28.6 Å². The number of pyridine rings is 1. The van der Waals surface area contributed by atoms with E-state index in [2.05, 4.69) is 30.5 Å². The lowest BCUT2D eigenvalue weighted by molar-refractivity contribution is -0.130. The van der Waals surface area contributed by atoms with Crippen LogP contribution in [-0.2, 0) is 17.9 Å². The van der Waals surface area contributed by atoms with Crippen LogP contribution in [0.5, 0.6) is 5.75 Å². The Labute approximate surface area is 186 Å². The zero-order chi connectivity index (χ0) is 21.8. The molecule has 31 heavy (non-hydrogen) atoms. The van der Waals surface area contributed by atoms with Gasteiger partial charge in [-0.3, -0.25) is 4.79 Å². The van der Waals surface area contributed by atoms with E-state index >= 15 is 0 Å². The number of furan rings is 1. The van der Waals surface area contributed by atoms with Crippen molar-refractivity contribution in [2.24, 2.45) is 0 Å². The Kier molecular flexibility index (Phi) is 6.28. The van der Waals surface area contributed by atoms with Gasteiger partial charge >= 0.3 is 0 Å². The van der Waals surface area contributed by atoms with Crippen molar-refractivity contribution in [1.82, 2.24) is 9.88 Å². The van der Waals surface area contributed by atoms with Gasteiger partial charge in [0.1, 0.15) is 11.5 Å². The first-order valence-corrected chi connectivity index (χ1v) is 11.2. The molecule has 0 aliphatic carbocycles. The topological polar surface area (TPSA) is 55.6 Å². The van der Waals surface area contributed by atoms with E-state index in [1.165, 1.54) is 0 Å². The molecular formula is C25H24N2O3S. The number of methoxy groups -OCH3 is 1. The van der Waals surface area contributed by atoms with Gasteiger partial charge in [0.05, 0.1) is 31.1 Å². The van der Waals surface area contributed by atoms with Crippen LogP contribution in [-0.4, -0.2) is 29.2 Å². The number of fused-ring (bicyclic) bond motifs is 1. The average molecular weight is 433 g/mol. The number of carbonyl (C=O) groups excluding carboxylic acids is 1. The van der Waals surface area contributed by atoms with Gasteiger partial charge in [0.25, 0.3) is 0 Å². The monoisotopic (exact) mass is 432 g/mol. The van der Waals surface area contributed by atoms with Gasteiger partial charge in [-0.15, -0.1) is 11.8 Å². The predicted octanol–water partition coefficient (Wildman–Crippen LogP) is 5.77. The summed E-state index contributed by atoms with van der Waals surface area (Å²) >= 11 is 1.69. The summed E-state index contributed by atoms with van der Waals surface area (Å²) in [5.74, 6) is 1.49. The molecule has 0 aliphatic rings. The lowest BCUT2D eigenvalue weighted by atomic mass is 10.0. The highest BCUT2D eigenvalue weighted by atomic mass is 32.2. The first kappa shape index (κ1) is 21.0. The summed E-state index contributed by atoms with van der Waals surface area (Å²) in [6.45, 7) is 2.41. The molecule has 0 spiro atoms. The standard InChI is InChI=1S/C25H24N2O3S/c1-17(28)27(16-22-8-5-11-30-22)15-20-12-18-9-10-23(31-3)14-24(18)26-25(20)19-6-4-7-21(13-19)29-2/h4-14H,15-16H2,1-3H3. The van der Waals surface area contributed by atoms with Crippen molar-refractivity contribution in [1.29, 1.82) is 0 Å². The highest BCUT2D eigenvalue weighted by molar-refractivity contribution is 7.98. The third kappa shape index (κ3) is 4.75. The van der Waals surface area contributed by atoms with E-state index in [4.69, 9.17) is 14.1 Å². The summed E-state index contributed by atoms with van der Waals surface area (Å²) in [5, 5.41) is 1.04. The molecule has 0 atom stereocenters. The van der Waals surface area contributed by atoms with Gasteiger partial charge < -0.3 is 14.1 Å². The van der Waals surface area contributed by atoms with Crippen LogP contribution in [0.4, 0.5) is 0 Å². The molecule has 1 amide bonds. The number of aromatic nitrogens is 1. The maximum Gasteiger partial charge on any atom is 0.220 e. The highest BCUT2D eigenvalue weighted by Crippen LogP contribution is 2.31. The van der Waals surface area contributed by atoms with E-state index in [-0.39, 0.29) is 5.91 Å². The van der Waals surface area contributed by atoms with Crippen LogP contribution in [0.3, 0.4) is 0 Å². The third-order valence-corrected chi connectivity index (χ3v) is 5.91. The molecule has 0 saturated heterocycles. The van der Waals surface area contributed by atoms with E-state index in [1.54, 1.807) is 37.0 Å². The minimum Gasteiger partial charge on any atom is -0.497 e. The molecule has 4 rings (SSSR count). The number of ether oxygens (including phenoxy) is 1. The van der Waals surface area contributed by atoms with Crippen LogP contribution in [0, 0.1) is 0 Å². The van der Waals surface area contributed by atoms with Crippen LogP contribution in [0.2, 0.25) is 0 Å². The Morgan fingerprint density at radius 3 is 2.68 bits per heavy atom. The SMILES string of the molecule is COc1cccc(-c2nc3cc(SC)ccc3cc2CN(Cc2ccco2)C(C)=O)c1. The Bertz CT molecular complexity index is 1200. The maximum absolute atomic E-state index is 12.4. The van der Waals surface area contributed by atoms with Crippen LogP contribution < -0.4 is 4.74 Å². The highest BCUT2D eigenvalue weighted by Gasteiger charge is 2.17. The van der Waals surface area contributed by atoms with Gasteiger partial charge in [-0.25, -0.2) is 4.98 Å². The number of rotatable bonds is 7. The van der Waals surface area contributed by atoms with Crippen molar-refractivity contribution in [3.63, 3.8) is 0 Å². The second-order valence-electron chi connectivity index (χ2n) is 7.24. The zero-order valence-corrected chi connectivity index (χ0v) is 18.6. The van der Waals surface area contributed by atoms with Crippen molar-refractivity contribution in [2.75, 3.05) is 13.4 Å². The summed E-state index contributed by atoms with van der Waals surface area (Å²) in [6.07, 6.45) is 3.67.